The minimum Gasteiger partial charge on any atom is -0.355 e. The van der Waals surface area contributed by atoms with Gasteiger partial charge in [-0.15, -0.1) is 0 Å². The van der Waals surface area contributed by atoms with Crippen molar-refractivity contribution in [2.24, 2.45) is 17.8 Å². The molecular weight excluding hydrogens is 374 g/mol. The fourth-order valence-corrected chi connectivity index (χ4v) is 4.41. The molecule has 1 unspecified atom stereocenters. The average Bonchev–Trinajstić information content (AvgIpc) is 3.08. The van der Waals surface area contributed by atoms with Crippen LogP contribution in [0.1, 0.15) is 50.1 Å². The van der Waals surface area contributed by atoms with E-state index in [1.165, 1.54) is 0 Å². The lowest BCUT2D eigenvalue weighted by atomic mass is 9.89. The standard InChI is InChI=1S/C20H25ClF2N2O2/c21-16-7-3-6-13(9-16)18(12-4-1-2-5-12)25-20(27)15-8-14(19(22)23)10-17(26)24-11-15/h3,6-7,9,12,14-15,18-19H,1-2,4-5,8,10-11H2,(H,24,26)(H,25,27)/t14?,15-,18+/m1/s1. The summed E-state index contributed by atoms with van der Waals surface area (Å²) in [6.45, 7) is 0.0980. The van der Waals surface area contributed by atoms with Crippen LogP contribution in [0, 0.1) is 17.8 Å². The number of halogens is 3. The van der Waals surface area contributed by atoms with Crippen LogP contribution in [0.15, 0.2) is 24.3 Å². The lowest BCUT2D eigenvalue weighted by Crippen LogP contribution is -2.41. The molecule has 1 aromatic carbocycles. The highest BCUT2D eigenvalue weighted by Crippen LogP contribution is 2.37. The summed E-state index contributed by atoms with van der Waals surface area (Å²) in [4.78, 5) is 24.6. The van der Waals surface area contributed by atoms with E-state index in [-0.39, 0.29) is 31.3 Å². The van der Waals surface area contributed by atoms with Crippen molar-refractivity contribution in [2.45, 2.75) is 51.0 Å². The van der Waals surface area contributed by atoms with E-state index in [1.807, 2.05) is 18.2 Å². The molecule has 1 saturated carbocycles. The molecule has 0 bridgehead atoms. The van der Waals surface area contributed by atoms with Crippen molar-refractivity contribution in [3.63, 3.8) is 0 Å². The van der Waals surface area contributed by atoms with Gasteiger partial charge in [-0.25, -0.2) is 8.78 Å². The Hall–Kier alpha value is -1.69. The van der Waals surface area contributed by atoms with E-state index in [0.29, 0.717) is 10.9 Å². The van der Waals surface area contributed by atoms with Gasteiger partial charge in [0.25, 0.3) is 0 Å². The maximum Gasteiger partial charge on any atom is 0.241 e. The molecule has 0 radical (unpaired) electrons. The molecule has 148 valence electrons. The SMILES string of the molecule is O=C1CC(C(F)F)C[C@@H](C(=O)N[C@H](c2cccc(Cl)c2)C2CCCC2)CN1. The lowest BCUT2D eigenvalue weighted by Gasteiger charge is -2.28. The second-order valence-electron chi connectivity index (χ2n) is 7.62. The van der Waals surface area contributed by atoms with Crippen molar-refractivity contribution in [3.8, 4) is 0 Å². The van der Waals surface area contributed by atoms with Crippen LogP contribution in [-0.4, -0.2) is 24.8 Å². The van der Waals surface area contributed by atoms with Gasteiger partial charge in [0.1, 0.15) is 0 Å². The van der Waals surface area contributed by atoms with E-state index in [0.717, 1.165) is 31.2 Å². The lowest BCUT2D eigenvalue weighted by molar-refractivity contribution is -0.126. The topological polar surface area (TPSA) is 58.2 Å². The maximum atomic E-state index is 13.2. The molecule has 2 amide bonds. The number of rotatable bonds is 5. The summed E-state index contributed by atoms with van der Waals surface area (Å²) in [6, 6.07) is 7.23. The number of alkyl halides is 2. The molecule has 7 heteroatoms. The Morgan fingerprint density at radius 1 is 1.22 bits per heavy atom. The molecule has 0 aromatic heterocycles. The van der Waals surface area contributed by atoms with Gasteiger partial charge >= 0.3 is 0 Å². The second kappa shape index (κ2) is 9.00. The van der Waals surface area contributed by atoms with E-state index in [1.54, 1.807) is 6.07 Å². The number of carbonyl (C=O) groups is 2. The van der Waals surface area contributed by atoms with E-state index in [2.05, 4.69) is 10.6 Å². The molecule has 1 aliphatic carbocycles. The molecule has 2 aliphatic rings. The highest BCUT2D eigenvalue weighted by molar-refractivity contribution is 6.30. The number of hydrogen-bond donors (Lipinski definition) is 2. The highest BCUT2D eigenvalue weighted by Gasteiger charge is 2.35. The maximum absolute atomic E-state index is 13.2. The highest BCUT2D eigenvalue weighted by atomic mass is 35.5. The number of hydrogen-bond acceptors (Lipinski definition) is 2. The van der Waals surface area contributed by atoms with Gasteiger partial charge in [-0.3, -0.25) is 9.59 Å². The van der Waals surface area contributed by atoms with Crippen LogP contribution >= 0.6 is 11.6 Å². The van der Waals surface area contributed by atoms with E-state index >= 15 is 0 Å². The van der Waals surface area contributed by atoms with E-state index in [9.17, 15) is 18.4 Å². The minimum absolute atomic E-state index is 0.00910. The molecule has 1 aromatic rings. The Morgan fingerprint density at radius 3 is 2.63 bits per heavy atom. The first-order valence-corrected chi connectivity index (χ1v) is 9.92. The molecule has 1 aliphatic heterocycles. The Kier molecular flexibility index (Phi) is 6.68. The summed E-state index contributed by atoms with van der Waals surface area (Å²) in [6.07, 6.45) is 1.42. The molecule has 3 rings (SSSR count). The van der Waals surface area contributed by atoms with Gasteiger partial charge in [0.15, 0.2) is 0 Å². The average molecular weight is 399 g/mol. The molecule has 2 fully saturated rings. The van der Waals surface area contributed by atoms with E-state index in [4.69, 9.17) is 11.6 Å². The Bertz CT molecular complexity index is 680. The first kappa shape index (κ1) is 20.1. The van der Waals surface area contributed by atoms with Gasteiger partial charge in [0.05, 0.1) is 12.0 Å². The smallest absolute Gasteiger partial charge is 0.241 e. The van der Waals surface area contributed by atoms with Gasteiger partial charge in [-0.05, 0) is 42.9 Å². The third-order valence-corrected chi connectivity index (χ3v) is 5.92. The Labute approximate surface area is 163 Å². The number of carbonyl (C=O) groups excluding carboxylic acids is 2. The number of benzene rings is 1. The zero-order valence-electron chi connectivity index (χ0n) is 15.1. The molecule has 4 nitrogen and oxygen atoms in total. The van der Waals surface area contributed by atoms with Crippen molar-refractivity contribution in [1.29, 1.82) is 0 Å². The summed E-state index contributed by atoms with van der Waals surface area (Å²) < 4.78 is 26.4. The van der Waals surface area contributed by atoms with Crippen LogP contribution in [0.4, 0.5) is 8.78 Å². The van der Waals surface area contributed by atoms with Crippen LogP contribution in [0.3, 0.4) is 0 Å². The van der Waals surface area contributed by atoms with Crippen LogP contribution in [0.2, 0.25) is 5.02 Å². The molecule has 3 atom stereocenters. The van der Waals surface area contributed by atoms with Crippen LogP contribution < -0.4 is 10.6 Å². The predicted octanol–water partition coefficient (Wildman–Crippen LogP) is 4.10. The predicted molar refractivity (Wildman–Crippen MR) is 99.5 cm³/mol. The Morgan fingerprint density at radius 2 is 1.96 bits per heavy atom. The van der Waals surface area contributed by atoms with Crippen molar-refractivity contribution >= 4 is 23.4 Å². The molecule has 1 saturated heterocycles. The molecule has 2 N–H and O–H groups in total. The van der Waals surface area contributed by atoms with Crippen molar-refractivity contribution < 1.29 is 18.4 Å². The fourth-order valence-electron chi connectivity index (χ4n) is 4.21. The largest absolute Gasteiger partial charge is 0.355 e. The van der Waals surface area contributed by atoms with Gasteiger partial charge in [-0.1, -0.05) is 36.6 Å². The van der Waals surface area contributed by atoms with Crippen molar-refractivity contribution in [3.05, 3.63) is 34.9 Å². The minimum atomic E-state index is -2.61. The van der Waals surface area contributed by atoms with Gasteiger partial charge < -0.3 is 10.6 Å². The summed E-state index contributed by atoms with van der Waals surface area (Å²) in [7, 11) is 0. The summed E-state index contributed by atoms with van der Waals surface area (Å²) in [5, 5.41) is 6.28. The van der Waals surface area contributed by atoms with Crippen molar-refractivity contribution in [2.75, 3.05) is 6.54 Å². The van der Waals surface area contributed by atoms with Crippen LogP contribution in [-0.2, 0) is 9.59 Å². The first-order chi connectivity index (χ1) is 12.9. The van der Waals surface area contributed by atoms with Crippen molar-refractivity contribution in [1.82, 2.24) is 10.6 Å². The van der Waals surface area contributed by atoms with Crippen LogP contribution in [0.25, 0.3) is 0 Å². The molecule has 27 heavy (non-hydrogen) atoms. The van der Waals surface area contributed by atoms with Gasteiger partial charge in [0, 0.05) is 23.9 Å². The normalized spacial score (nSPS) is 25.1. The zero-order valence-corrected chi connectivity index (χ0v) is 15.9. The number of nitrogens with one attached hydrogen (secondary N) is 2. The third kappa shape index (κ3) is 5.18. The molecule has 1 heterocycles. The van der Waals surface area contributed by atoms with Crippen LogP contribution in [0.5, 0.6) is 0 Å². The summed E-state index contributed by atoms with van der Waals surface area (Å²) in [5.74, 6) is -2.13. The fraction of sp³-hybridized carbons (Fsp3) is 0.600. The quantitative estimate of drug-likeness (QED) is 0.784. The second-order valence-corrected chi connectivity index (χ2v) is 8.06. The number of amides is 2. The zero-order chi connectivity index (χ0) is 19.4. The monoisotopic (exact) mass is 398 g/mol. The van der Waals surface area contributed by atoms with Gasteiger partial charge in [0.2, 0.25) is 18.2 Å². The molecular formula is C20H25ClF2N2O2. The first-order valence-electron chi connectivity index (χ1n) is 9.54. The Balaban J connectivity index is 1.76. The molecule has 0 spiro atoms. The third-order valence-electron chi connectivity index (χ3n) is 5.68. The summed E-state index contributed by atoms with van der Waals surface area (Å²) in [5.41, 5.74) is 0.936. The van der Waals surface area contributed by atoms with Gasteiger partial charge in [-0.2, -0.15) is 0 Å². The summed E-state index contributed by atoms with van der Waals surface area (Å²) >= 11 is 6.13. The van der Waals surface area contributed by atoms with E-state index < -0.39 is 24.2 Å².